The molecule has 5 aromatic rings. The lowest BCUT2D eigenvalue weighted by Gasteiger charge is -2.35. The lowest BCUT2D eigenvalue weighted by Crippen LogP contribution is -2.41. The summed E-state index contributed by atoms with van der Waals surface area (Å²) in [5, 5.41) is 2.10. The van der Waals surface area contributed by atoms with Gasteiger partial charge in [0.25, 0.3) is 5.91 Å². The highest BCUT2D eigenvalue weighted by Crippen LogP contribution is 2.35. The fraction of sp³-hybridized carbons (Fsp3) is 0.107. The first kappa shape index (κ1) is 21.7. The minimum absolute atomic E-state index is 0.209. The van der Waals surface area contributed by atoms with E-state index in [1.807, 2.05) is 73.2 Å². The maximum Gasteiger partial charge on any atom is 0.258 e. The number of imidazole rings is 1. The molecule has 0 unspecified atom stereocenters. The van der Waals surface area contributed by atoms with Gasteiger partial charge in [-0.15, -0.1) is 0 Å². The van der Waals surface area contributed by atoms with Crippen LogP contribution in [-0.2, 0) is 11.2 Å². The van der Waals surface area contributed by atoms with Crippen molar-refractivity contribution >= 4 is 22.3 Å². The summed E-state index contributed by atoms with van der Waals surface area (Å²) >= 11 is 0. The first-order valence-corrected chi connectivity index (χ1v) is 11.8. The Balaban J connectivity index is 1.36. The number of aromatic nitrogens is 5. The SMILES string of the molecule is N/C=C(/C(=O)N1CCc2[nH]cnc2[C@H]1c1cc2ccccc2cn1)c1ccc(-c2ccc[nH+]c2)cn1. The number of hydrogen-bond donors (Lipinski definition) is 2. The lowest BCUT2D eigenvalue weighted by atomic mass is 9.96. The predicted octanol–water partition coefficient (Wildman–Crippen LogP) is 3.31. The van der Waals surface area contributed by atoms with Crippen molar-refractivity contribution in [1.82, 2.24) is 24.8 Å². The molecule has 1 aliphatic rings. The van der Waals surface area contributed by atoms with E-state index in [1.54, 1.807) is 17.4 Å². The second-order valence-electron chi connectivity index (χ2n) is 8.68. The Hall–Kier alpha value is -4.85. The van der Waals surface area contributed by atoms with E-state index in [1.165, 1.54) is 6.20 Å². The molecule has 0 bridgehead atoms. The van der Waals surface area contributed by atoms with Gasteiger partial charge in [-0.2, -0.15) is 0 Å². The monoisotopic (exact) mass is 474 g/mol. The molecule has 1 aromatic carbocycles. The van der Waals surface area contributed by atoms with Crippen LogP contribution in [0.1, 0.15) is 28.8 Å². The minimum Gasteiger partial charge on any atom is -0.404 e. The number of aromatic amines is 2. The quantitative estimate of drug-likeness (QED) is 0.388. The zero-order chi connectivity index (χ0) is 24.5. The van der Waals surface area contributed by atoms with Crippen LogP contribution in [-0.4, -0.2) is 37.3 Å². The average molecular weight is 475 g/mol. The van der Waals surface area contributed by atoms with Crippen LogP contribution in [0.2, 0.25) is 0 Å². The van der Waals surface area contributed by atoms with E-state index < -0.39 is 6.04 Å². The van der Waals surface area contributed by atoms with Crippen LogP contribution in [0.3, 0.4) is 0 Å². The third-order valence-electron chi connectivity index (χ3n) is 6.60. The number of nitrogens with two attached hydrogens (primary N) is 1. The number of benzene rings is 1. The van der Waals surface area contributed by atoms with E-state index in [4.69, 9.17) is 10.7 Å². The molecule has 8 heteroatoms. The van der Waals surface area contributed by atoms with Crippen LogP contribution in [0.15, 0.2) is 91.9 Å². The van der Waals surface area contributed by atoms with Gasteiger partial charge in [0.15, 0.2) is 12.4 Å². The summed E-state index contributed by atoms with van der Waals surface area (Å²) < 4.78 is 0. The van der Waals surface area contributed by atoms with Gasteiger partial charge >= 0.3 is 0 Å². The molecule has 176 valence electrons. The van der Waals surface area contributed by atoms with Crippen molar-refractivity contribution in [2.75, 3.05) is 6.54 Å². The molecule has 0 radical (unpaired) electrons. The van der Waals surface area contributed by atoms with E-state index in [-0.39, 0.29) is 5.91 Å². The molecule has 8 nitrogen and oxygen atoms in total. The Morgan fingerprint density at radius 1 is 1.03 bits per heavy atom. The zero-order valence-corrected chi connectivity index (χ0v) is 19.4. The van der Waals surface area contributed by atoms with Gasteiger partial charge in [-0.3, -0.25) is 14.8 Å². The number of nitrogens with one attached hydrogen (secondary N) is 2. The number of nitrogens with zero attached hydrogens (tertiary/aromatic N) is 4. The molecule has 0 spiro atoms. The number of pyridine rings is 3. The maximum atomic E-state index is 13.9. The van der Waals surface area contributed by atoms with Crippen LogP contribution >= 0.6 is 0 Å². The van der Waals surface area contributed by atoms with Gasteiger partial charge in [-0.1, -0.05) is 30.3 Å². The molecule has 36 heavy (non-hydrogen) atoms. The first-order valence-electron chi connectivity index (χ1n) is 11.8. The fourth-order valence-corrected chi connectivity index (χ4v) is 4.76. The van der Waals surface area contributed by atoms with Crippen LogP contribution in [0.4, 0.5) is 0 Å². The van der Waals surface area contributed by atoms with E-state index in [9.17, 15) is 4.79 Å². The van der Waals surface area contributed by atoms with Crippen LogP contribution in [0.5, 0.6) is 0 Å². The summed E-state index contributed by atoms with van der Waals surface area (Å²) in [6.45, 7) is 0.502. The van der Waals surface area contributed by atoms with Gasteiger partial charge < -0.3 is 15.6 Å². The summed E-state index contributed by atoms with van der Waals surface area (Å²) in [6, 6.07) is 17.3. The van der Waals surface area contributed by atoms with Gasteiger partial charge in [0.05, 0.1) is 29.0 Å². The van der Waals surface area contributed by atoms with E-state index in [2.05, 4.69) is 19.9 Å². The number of amides is 1. The normalized spacial score (nSPS) is 15.6. The molecule has 5 heterocycles. The molecular weight excluding hydrogens is 450 g/mol. The maximum absolute atomic E-state index is 13.9. The number of hydrogen-bond acceptors (Lipinski definition) is 5. The van der Waals surface area contributed by atoms with E-state index in [0.717, 1.165) is 39.0 Å². The first-order chi connectivity index (χ1) is 17.7. The molecule has 0 saturated heterocycles. The highest BCUT2D eigenvalue weighted by Gasteiger charge is 2.36. The van der Waals surface area contributed by atoms with Crippen molar-refractivity contribution in [3.8, 4) is 11.1 Å². The number of fused-ring (bicyclic) bond motifs is 2. The molecule has 0 fully saturated rings. The van der Waals surface area contributed by atoms with Crippen molar-refractivity contribution in [2.45, 2.75) is 12.5 Å². The van der Waals surface area contributed by atoms with Crippen molar-refractivity contribution < 1.29 is 9.78 Å². The number of carbonyl (C=O) groups excluding carboxylic acids is 1. The largest absolute Gasteiger partial charge is 0.404 e. The second kappa shape index (κ2) is 9.07. The zero-order valence-electron chi connectivity index (χ0n) is 19.4. The Labute approximate surface area is 207 Å². The van der Waals surface area contributed by atoms with Crippen molar-refractivity contribution in [3.05, 3.63) is 115 Å². The fourth-order valence-electron chi connectivity index (χ4n) is 4.76. The van der Waals surface area contributed by atoms with E-state index in [0.29, 0.717) is 24.2 Å². The Bertz CT molecular complexity index is 1570. The van der Waals surface area contributed by atoms with Crippen LogP contribution in [0.25, 0.3) is 27.5 Å². The average Bonchev–Trinajstić information content (AvgIpc) is 3.42. The standard InChI is InChI=1S/C28H23N7O/c29-13-22(23-8-7-21(16-31-23)19-6-3-10-30-14-19)28(36)35-11-9-24-26(34-17-33-24)27(35)25-12-18-4-1-2-5-20(18)15-32-25/h1-8,10,12-17,27H,9,11,29H2,(H,33,34)/p+1/b22-13+/t27-/m1/s1. The van der Waals surface area contributed by atoms with Crippen molar-refractivity contribution in [3.63, 3.8) is 0 Å². The van der Waals surface area contributed by atoms with Gasteiger partial charge in [0, 0.05) is 59.8 Å². The Morgan fingerprint density at radius 2 is 1.92 bits per heavy atom. The lowest BCUT2D eigenvalue weighted by molar-refractivity contribution is -0.377. The smallest absolute Gasteiger partial charge is 0.258 e. The number of rotatable bonds is 4. The van der Waals surface area contributed by atoms with Crippen LogP contribution < -0.4 is 10.7 Å². The van der Waals surface area contributed by atoms with Crippen molar-refractivity contribution in [1.29, 1.82) is 0 Å². The second-order valence-corrected chi connectivity index (χ2v) is 8.68. The predicted molar refractivity (Wildman–Crippen MR) is 136 cm³/mol. The Kier molecular flexibility index (Phi) is 5.46. The molecule has 1 atom stereocenters. The highest BCUT2D eigenvalue weighted by atomic mass is 16.2. The number of carbonyl (C=O) groups is 1. The third-order valence-corrected chi connectivity index (χ3v) is 6.60. The summed E-state index contributed by atoms with van der Waals surface area (Å²) in [4.78, 5) is 35.9. The molecule has 6 rings (SSSR count). The molecular formula is C28H24N7O+. The molecule has 4 aromatic heterocycles. The van der Waals surface area contributed by atoms with Crippen LogP contribution in [0, 0.1) is 0 Å². The van der Waals surface area contributed by atoms with Gasteiger partial charge in [-0.05, 0) is 23.6 Å². The summed E-state index contributed by atoms with van der Waals surface area (Å²) in [5.74, 6) is -0.209. The summed E-state index contributed by atoms with van der Waals surface area (Å²) in [7, 11) is 0. The van der Waals surface area contributed by atoms with E-state index >= 15 is 0 Å². The molecule has 0 saturated carbocycles. The third kappa shape index (κ3) is 3.78. The molecule has 1 aliphatic heterocycles. The highest BCUT2D eigenvalue weighted by molar-refractivity contribution is 6.19. The van der Waals surface area contributed by atoms with Crippen molar-refractivity contribution in [2.24, 2.45) is 5.73 Å². The summed E-state index contributed by atoms with van der Waals surface area (Å²) in [6.07, 6.45) is 11.0. The molecule has 4 N–H and O–H groups in total. The topological polar surface area (TPSA) is 115 Å². The molecule has 1 amide bonds. The van der Waals surface area contributed by atoms with Gasteiger partial charge in [-0.25, -0.2) is 9.97 Å². The van der Waals surface area contributed by atoms with Gasteiger partial charge in [0.1, 0.15) is 6.04 Å². The minimum atomic E-state index is -0.439. The Morgan fingerprint density at radius 3 is 2.69 bits per heavy atom. The summed E-state index contributed by atoms with van der Waals surface area (Å²) in [5.41, 5.74) is 11.4. The molecule has 0 aliphatic carbocycles. The van der Waals surface area contributed by atoms with Gasteiger partial charge in [0.2, 0.25) is 0 Å². The number of H-pyrrole nitrogens is 2.